The Hall–Kier alpha value is -2.47. The van der Waals surface area contributed by atoms with Crippen molar-refractivity contribution in [2.24, 2.45) is 0 Å². The molecule has 0 aliphatic carbocycles. The fourth-order valence-corrected chi connectivity index (χ4v) is 2.87. The van der Waals surface area contributed by atoms with Crippen molar-refractivity contribution in [2.75, 3.05) is 31.5 Å². The highest BCUT2D eigenvalue weighted by Gasteiger charge is 2.24. The molecule has 0 radical (unpaired) electrons. The summed E-state index contributed by atoms with van der Waals surface area (Å²) in [6.45, 7) is 2.13. The zero-order valence-corrected chi connectivity index (χ0v) is 13.9. The van der Waals surface area contributed by atoms with E-state index < -0.39 is 0 Å². The van der Waals surface area contributed by atoms with Gasteiger partial charge in [0.1, 0.15) is 0 Å². The quantitative estimate of drug-likeness (QED) is 0.897. The van der Waals surface area contributed by atoms with E-state index in [9.17, 15) is 9.59 Å². The van der Waals surface area contributed by atoms with E-state index in [0.717, 1.165) is 5.56 Å². The van der Waals surface area contributed by atoms with Gasteiger partial charge in [0.25, 0.3) is 0 Å². The second kappa shape index (κ2) is 7.40. The maximum absolute atomic E-state index is 12.3. The number of halogens is 1. The first-order valence-corrected chi connectivity index (χ1v) is 8.20. The summed E-state index contributed by atoms with van der Waals surface area (Å²) < 4.78 is 0. The summed E-state index contributed by atoms with van der Waals surface area (Å²) in [5.41, 5.74) is 1.64. The molecule has 0 bridgehead atoms. The molecule has 2 N–H and O–H groups in total. The molecule has 2 heterocycles. The van der Waals surface area contributed by atoms with Gasteiger partial charge in [0.05, 0.1) is 6.42 Å². The lowest BCUT2D eigenvalue weighted by Crippen LogP contribution is -2.52. The molecule has 1 aromatic carbocycles. The van der Waals surface area contributed by atoms with Crippen molar-refractivity contribution in [2.45, 2.75) is 6.42 Å². The number of carbonyl (C=O) groups excluding carboxylic acids is 2. The lowest BCUT2D eigenvalue weighted by Gasteiger charge is -2.34. The number of benzene rings is 1. The maximum atomic E-state index is 12.3. The number of amides is 3. The van der Waals surface area contributed by atoms with Crippen molar-refractivity contribution in [3.8, 4) is 0 Å². The Bertz CT molecular complexity index is 709. The normalized spacial score (nSPS) is 14.5. The highest BCUT2D eigenvalue weighted by atomic mass is 35.5. The van der Waals surface area contributed by atoms with Gasteiger partial charge in [-0.2, -0.15) is 0 Å². The number of hydrogen-bond acceptors (Lipinski definition) is 2. The zero-order chi connectivity index (χ0) is 16.9. The van der Waals surface area contributed by atoms with Crippen LogP contribution >= 0.6 is 11.6 Å². The summed E-state index contributed by atoms with van der Waals surface area (Å²) >= 11 is 5.91. The number of piperazine rings is 1. The SMILES string of the molecule is O=C(Cc1cc[nH]c1)N1CCN(C(=O)Nc2cccc(Cl)c2)CC1. The summed E-state index contributed by atoms with van der Waals surface area (Å²) in [4.78, 5) is 31.0. The monoisotopic (exact) mass is 346 g/mol. The van der Waals surface area contributed by atoms with Crippen LogP contribution in [0.2, 0.25) is 5.02 Å². The Kier molecular flexibility index (Phi) is 5.05. The van der Waals surface area contributed by atoms with E-state index in [-0.39, 0.29) is 11.9 Å². The number of nitrogens with one attached hydrogen (secondary N) is 2. The van der Waals surface area contributed by atoms with Crippen LogP contribution < -0.4 is 5.32 Å². The van der Waals surface area contributed by atoms with Gasteiger partial charge < -0.3 is 20.1 Å². The number of aromatic amines is 1. The van der Waals surface area contributed by atoms with E-state index in [1.54, 1.807) is 40.3 Å². The molecule has 24 heavy (non-hydrogen) atoms. The summed E-state index contributed by atoms with van der Waals surface area (Å²) in [7, 11) is 0. The van der Waals surface area contributed by atoms with Gasteiger partial charge in [0.2, 0.25) is 5.91 Å². The van der Waals surface area contributed by atoms with Gasteiger partial charge >= 0.3 is 6.03 Å². The molecule has 3 amide bonds. The minimum atomic E-state index is -0.171. The van der Waals surface area contributed by atoms with Crippen LogP contribution in [0.25, 0.3) is 0 Å². The number of anilines is 1. The number of hydrogen-bond donors (Lipinski definition) is 2. The van der Waals surface area contributed by atoms with Crippen molar-refractivity contribution in [1.82, 2.24) is 14.8 Å². The third kappa shape index (κ3) is 4.08. The predicted octanol–water partition coefficient (Wildman–Crippen LogP) is 2.59. The fourth-order valence-electron chi connectivity index (χ4n) is 2.68. The molecule has 0 atom stereocenters. The highest BCUT2D eigenvalue weighted by Crippen LogP contribution is 2.16. The molecular formula is C17H19ClN4O2. The minimum absolute atomic E-state index is 0.0875. The predicted molar refractivity (Wildman–Crippen MR) is 93.1 cm³/mol. The van der Waals surface area contributed by atoms with E-state index >= 15 is 0 Å². The average molecular weight is 347 g/mol. The second-order valence-electron chi connectivity index (χ2n) is 5.70. The van der Waals surface area contributed by atoms with Crippen LogP contribution in [0.15, 0.2) is 42.7 Å². The molecule has 1 aromatic heterocycles. The highest BCUT2D eigenvalue weighted by molar-refractivity contribution is 6.30. The maximum Gasteiger partial charge on any atom is 0.321 e. The Balaban J connectivity index is 1.49. The molecule has 2 aromatic rings. The van der Waals surface area contributed by atoms with Gasteiger partial charge in [-0.25, -0.2) is 4.79 Å². The summed E-state index contributed by atoms with van der Waals surface area (Å²) in [6.07, 6.45) is 4.02. The molecule has 1 aliphatic rings. The minimum Gasteiger partial charge on any atom is -0.367 e. The van der Waals surface area contributed by atoms with Crippen LogP contribution in [-0.4, -0.2) is 52.9 Å². The molecular weight excluding hydrogens is 328 g/mol. The van der Waals surface area contributed by atoms with Gasteiger partial charge in [-0.3, -0.25) is 4.79 Å². The van der Waals surface area contributed by atoms with Crippen molar-refractivity contribution in [1.29, 1.82) is 0 Å². The lowest BCUT2D eigenvalue weighted by atomic mass is 10.2. The molecule has 3 rings (SSSR count). The fraction of sp³-hybridized carbons (Fsp3) is 0.294. The second-order valence-corrected chi connectivity index (χ2v) is 6.14. The number of rotatable bonds is 3. The van der Waals surface area contributed by atoms with Gasteiger partial charge in [-0.1, -0.05) is 17.7 Å². The topological polar surface area (TPSA) is 68.4 Å². The molecule has 126 valence electrons. The van der Waals surface area contributed by atoms with Gasteiger partial charge in [0, 0.05) is 49.3 Å². The van der Waals surface area contributed by atoms with E-state index in [0.29, 0.717) is 43.3 Å². The van der Waals surface area contributed by atoms with Crippen LogP contribution in [-0.2, 0) is 11.2 Å². The summed E-state index contributed by atoms with van der Waals surface area (Å²) in [6, 6.07) is 8.76. The van der Waals surface area contributed by atoms with Crippen LogP contribution in [0.3, 0.4) is 0 Å². The smallest absolute Gasteiger partial charge is 0.321 e. The molecule has 1 saturated heterocycles. The van der Waals surface area contributed by atoms with Gasteiger partial charge in [-0.05, 0) is 29.8 Å². The largest absolute Gasteiger partial charge is 0.367 e. The van der Waals surface area contributed by atoms with Crippen molar-refractivity contribution >= 4 is 29.2 Å². The Morgan fingerprint density at radius 3 is 2.54 bits per heavy atom. The van der Waals surface area contributed by atoms with Crippen LogP contribution in [0.5, 0.6) is 0 Å². The number of nitrogens with zero attached hydrogens (tertiary/aromatic N) is 2. The first-order valence-electron chi connectivity index (χ1n) is 7.83. The average Bonchev–Trinajstić information content (AvgIpc) is 3.08. The summed E-state index contributed by atoms with van der Waals surface area (Å²) in [5.74, 6) is 0.0875. The van der Waals surface area contributed by atoms with Crippen molar-refractivity contribution in [3.63, 3.8) is 0 Å². The van der Waals surface area contributed by atoms with Gasteiger partial charge in [0.15, 0.2) is 0 Å². The van der Waals surface area contributed by atoms with Crippen LogP contribution in [0.4, 0.5) is 10.5 Å². The first kappa shape index (κ1) is 16.4. The first-order chi connectivity index (χ1) is 11.6. The molecule has 0 saturated carbocycles. The van der Waals surface area contributed by atoms with Crippen LogP contribution in [0, 0.1) is 0 Å². The Morgan fingerprint density at radius 1 is 1.12 bits per heavy atom. The molecule has 1 aliphatic heterocycles. The van der Waals surface area contributed by atoms with E-state index in [1.165, 1.54) is 0 Å². The molecule has 1 fully saturated rings. The van der Waals surface area contributed by atoms with Crippen LogP contribution in [0.1, 0.15) is 5.56 Å². The Morgan fingerprint density at radius 2 is 1.88 bits per heavy atom. The van der Waals surface area contributed by atoms with E-state index in [4.69, 9.17) is 11.6 Å². The third-order valence-corrected chi connectivity index (χ3v) is 4.25. The number of H-pyrrole nitrogens is 1. The number of carbonyl (C=O) groups is 2. The lowest BCUT2D eigenvalue weighted by molar-refractivity contribution is -0.131. The standard InChI is InChI=1S/C17H19ClN4O2/c18-14-2-1-3-15(11-14)20-17(24)22-8-6-21(7-9-22)16(23)10-13-4-5-19-12-13/h1-5,11-12,19H,6-10H2,(H,20,24). The zero-order valence-electron chi connectivity index (χ0n) is 13.2. The van der Waals surface area contributed by atoms with Crippen molar-refractivity contribution < 1.29 is 9.59 Å². The molecule has 0 spiro atoms. The van der Waals surface area contributed by atoms with Gasteiger partial charge in [-0.15, -0.1) is 0 Å². The number of urea groups is 1. The van der Waals surface area contributed by atoms with Crippen molar-refractivity contribution in [3.05, 3.63) is 53.3 Å². The van der Waals surface area contributed by atoms with E-state index in [1.807, 2.05) is 12.3 Å². The molecule has 0 unspecified atom stereocenters. The molecule has 7 heteroatoms. The third-order valence-electron chi connectivity index (χ3n) is 4.01. The summed E-state index contributed by atoms with van der Waals surface area (Å²) in [5, 5.41) is 3.40. The van der Waals surface area contributed by atoms with E-state index in [2.05, 4.69) is 10.3 Å². The Labute approximate surface area is 145 Å². The molecule has 6 nitrogen and oxygen atoms in total. The number of aromatic nitrogens is 1.